The number of rotatable bonds is 75. The van der Waals surface area contributed by atoms with E-state index in [1.54, 1.807) is 14.0 Å². The molecule has 0 radical (unpaired) electrons. The van der Waals surface area contributed by atoms with Gasteiger partial charge in [-0.3, -0.25) is 9.35 Å². The molecule has 0 aliphatic rings. The standard InChI is InChI=1S/C53H106O28S2/c1-52(51-82-49-50-83(55,56)57)53(54)81-48-47-80-46-45-79-44-43-78-42-41-77-40-39-76-38-37-75-36-35-74-34-33-73-32-31-72-30-29-71-28-27-70-26-25-69-24-23-68-22-21-67-20-19-66-18-17-65-16-15-64-14-13-63-12-11-62-10-9-61-8-7-60-6-5-59-4-3-58-2/h52H,3-51H2,1-2H3,(H,55,56,57). The van der Waals surface area contributed by atoms with Gasteiger partial charge < -0.3 is 114 Å². The van der Waals surface area contributed by atoms with E-state index in [4.69, 9.17) is 118 Å². The van der Waals surface area contributed by atoms with Gasteiger partial charge in [0.2, 0.25) is 0 Å². The Morgan fingerprint density at radius 2 is 0.458 bits per heavy atom. The minimum atomic E-state index is -3.99. The molecule has 30 heteroatoms. The summed E-state index contributed by atoms with van der Waals surface area (Å²) in [5.74, 6) is -0.522. The fraction of sp³-hybridized carbons (Fsp3) is 0.981. The Hall–Kier alpha value is -1.19. The maximum Gasteiger partial charge on any atom is 0.309 e. The van der Waals surface area contributed by atoms with Crippen molar-refractivity contribution in [2.45, 2.75) is 6.92 Å². The van der Waals surface area contributed by atoms with Crippen LogP contribution in [-0.2, 0) is 129 Å². The molecule has 0 bridgehead atoms. The Kier molecular flexibility index (Phi) is 70.5. The van der Waals surface area contributed by atoms with Crippen LogP contribution in [0, 0.1) is 5.92 Å². The molecule has 28 nitrogen and oxygen atoms in total. The van der Waals surface area contributed by atoms with Gasteiger partial charge in [-0.05, 0) is 0 Å². The lowest BCUT2D eigenvalue weighted by atomic mass is 10.2. The van der Waals surface area contributed by atoms with Crippen LogP contribution >= 0.6 is 11.8 Å². The molecule has 0 saturated carbocycles. The van der Waals surface area contributed by atoms with Crippen molar-refractivity contribution in [1.29, 1.82) is 0 Å². The number of carbonyl (C=O) groups excluding carboxylic acids is 1. The van der Waals surface area contributed by atoms with E-state index in [-0.39, 0.29) is 30.7 Å². The molecule has 0 spiro atoms. The van der Waals surface area contributed by atoms with Crippen molar-refractivity contribution in [3.63, 3.8) is 0 Å². The summed E-state index contributed by atoms with van der Waals surface area (Å²) in [7, 11) is -2.35. The van der Waals surface area contributed by atoms with Crippen LogP contribution in [0.2, 0.25) is 0 Å². The smallest absolute Gasteiger partial charge is 0.309 e. The van der Waals surface area contributed by atoms with Gasteiger partial charge in [-0.15, -0.1) is 0 Å². The van der Waals surface area contributed by atoms with Crippen molar-refractivity contribution in [2.75, 3.05) is 328 Å². The molecular formula is C53H106O28S2. The van der Waals surface area contributed by atoms with Gasteiger partial charge in [0.1, 0.15) is 6.61 Å². The van der Waals surface area contributed by atoms with Gasteiger partial charge in [-0.2, -0.15) is 20.2 Å². The molecule has 0 rings (SSSR count). The number of hydrogen-bond donors (Lipinski definition) is 1. The molecule has 0 aromatic carbocycles. The number of carbonyl (C=O) groups is 1. The Morgan fingerprint density at radius 3 is 0.614 bits per heavy atom. The maximum absolute atomic E-state index is 11.9. The van der Waals surface area contributed by atoms with Crippen LogP contribution in [0.4, 0.5) is 0 Å². The summed E-state index contributed by atoms with van der Waals surface area (Å²) in [5.41, 5.74) is 0. The van der Waals surface area contributed by atoms with Gasteiger partial charge in [0, 0.05) is 18.6 Å². The molecule has 0 amide bonds. The first-order valence-electron chi connectivity index (χ1n) is 28.8. The van der Waals surface area contributed by atoms with Crippen molar-refractivity contribution in [3.05, 3.63) is 0 Å². The largest absolute Gasteiger partial charge is 0.463 e. The Labute approximate surface area is 498 Å². The Balaban J connectivity index is 3.13. The fourth-order valence-electron chi connectivity index (χ4n) is 5.70. The number of hydrogen-bond acceptors (Lipinski definition) is 28. The van der Waals surface area contributed by atoms with Crippen molar-refractivity contribution < 1.29 is 131 Å². The lowest BCUT2D eigenvalue weighted by Gasteiger charge is -2.11. The van der Waals surface area contributed by atoms with Gasteiger partial charge in [-0.25, -0.2) is 0 Å². The van der Waals surface area contributed by atoms with Crippen LogP contribution in [-0.4, -0.2) is 347 Å². The van der Waals surface area contributed by atoms with E-state index in [9.17, 15) is 13.2 Å². The average molecular weight is 1260 g/mol. The molecule has 0 aliphatic carbocycles. The average Bonchev–Trinajstić information content (AvgIpc) is 3.47. The second kappa shape index (κ2) is 71.6. The van der Waals surface area contributed by atoms with E-state index in [1.807, 2.05) is 0 Å². The van der Waals surface area contributed by atoms with E-state index in [0.29, 0.717) is 296 Å². The third-order valence-corrected chi connectivity index (χ3v) is 12.2. The lowest BCUT2D eigenvalue weighted by molar-refractivity contribution is -0.148. The topological polar surface area (TPSA) is 293 Å². The summed E-state index contributed by atoms with van der Waals surface area (Å²) in [4.78, 5) is 11.9. The van der Waals surface area contributed by atoms with E-state index in [1.165, 1.54) is 11.8 Å². The predicted octanol–water partition coefficient (Wildman–Crippen LogP) is 0.798. The molecule has 83 heavy (non-hydrogen) atoms. The van der Waals surface area contributed by atoms with Gasteiger partial charge in [0.15, 0.2) is 0 Å². The van der Waals surface area contributed by atoms with Crippen LogP contribution in [0.1, 0.15) is 6.92 Å². The zero-order valence-corrected chi connectivity index (χ0v) is 51.6. The molecule has 1 N–H and O–H groups in total. The van der Waals surface area contributed by atoms with Crippen molar-refractivity contribution in [2.24, 2.45) is 5.92 Å². The molecule has 0 fully saturated rings. The van der Waals surface area contributed by atoms with E-state index >= 15 is 0 Å². The highest BCUT2D eigenvalue weighted by Crippen LogP contribution is 2.10. The van der Waals surface area contributed by atoms with Crippen molar-refractivity contribution >= 4 is 27.8 Å². The molecule has 0 saturated heterocycles. The number of thioether (sulfide) groups is 1. The SMILES string of the molecule is COCCOCCOCCOCCOCCOCCOCCOCCOCCOCCOCCOCCOCCOCCOCCOCCOCCOCCOCCOCCOCCOCCOCCOC(=O)C(C)CSCCS(=O)(=O)O. The van der Waals surface area contributed by atoms with Crippen LogP contribution in [0.5, 0.6) is 0 Å². The molecule has 0 aromatic heterocycles. The normalized spacial score (nSPS) is 12.3. The molecule has 1 atom stereocenters. The Bertz CT molecular complexity index is 1360. The van der Waals surface area contributed by atoms with E-state index in [0.717, 1.165) is 0 Å². The van der Waals surface area contributed by atoms with Crippen LogP contribution in [0.3, 0.4) is 0 Å². The fourth-order valence-corrected chi connectivity index (χ4v) is 7.67. The van der Waals surface area contributed by atoms with Crippen LogP contribution in [0.25, 0.3) is 0 Å². The molecule has 1 unspecified atom stereocenters. The zero-order chi connectivity index (χ0) is 60.0. The van der Waals surface area contributed by atoms with Crippen molar-refractivity contribution in [3.8, 4) is 0 Å². The van der Waals surface area contributed by atoms with Crippen molar-refractivity contribution in [1.82, 2.24) is 0 Å². The second-order valence-corrected chi connectivity index (χ2v) is 19.6. The second-order valence-electron chi connectivity index (χ2n) is 16.9. The molecule has 0 aromatic rings. The number of methoxy groups -OCH3 is 1. The third kappa shape index (κ3) is 75.0. The van der Waals surface area contributed by atoms with Gasteiger partial charge in [0.25, 0.3) is 10.1 Å². The zero-order valence-electron chi connectivity index (χ0n) is 50.0. The lowest BCUT2D eigenvalue weighted by Crippen LogP contribution is -2.20. The minimum absolute atomic E-state index is 0.115. The first-order valence-corrected chi connectivity index (χ1v) is 31.5. The summed E-state index contributed by atoms with van der Waals surface area (Å²) in [6, 6.07) is 0. The third-order valence-electron chi connectivity index (χ3n) is 9.97. The number of ether oxygens (including phenoxy) is 24. The van der Waals surface area contributed by atoms with E-state index < -0.39 is 16.0 Å². The molecule has 498 valence electrons. The summed E-state index contributed by atoms with van der Waals surface area (Å²) < 4.78 is 161. The molecule has 0 aliphatic heterocycles. The van der Waals surface area contributed by atoms with Crippen LogP contribution in [0.15, 0.2) is 0 Å². The maximum atomic E-state index is 11.9. The van der Waals surface area contributed by atoms with Gasteiger partial charge >= 0.3 is 5.97 Å². The minimum Gasteiger partial charge on any atom is -0.463 e. The quantitative estimate of drug-likeness (QED) is 0.0500. The monoisotopic (exact) mass is 1250 g/mol. The molecular weight excluding hydrogens is 1150 g/mol. The highest BCUT2D eigenvalue weighted by Gasteiger charge is 2.15. The summed E-state index contributed by atoms with van der Waals surface area (Å²) in [6.07, 6.45) is 0. The summed E-state index contributed by atoms with van der Waals surface area (Å²) in [5, 5.41) is 0. The summed E-state index contributed by atoms with van der Waals surface area (Å²) in [6.45, 7) is 23.1. The summed E-state index contributed by atoms with van der Waals surface area (Å²) >= 11 is 1.26. The molecule has 0 heterocycles. The first-order chi connectivity index (χ1) is 40.9. The first kappa shape index (κ1) is 81.8. The van der Waals surface area contributed by atoms with E-state index in [2.05, 4.69) is 0 Å². The predicted molar refractivity (Wildman–Crippen MR) is 304 cm³/mol. The number of esters is 1. The highest BCUT2D eigenvalue weighted by atomic mass is 32.2. The Morgan fingerprint density at radius 1 is 0.301 bits per heavy atom. The van der Waals surface area contributed by atoms with Gasteiger partial charge in [-0.1, -0.05) is 6.92 Å². The van der Waals surface area contributed by atoms with Crippen LogP contribution < -0.4 is 0 Å². The van der Waals surface area contributed by atoms with Gasteiger partial charge in [0.05, 0.1) is 309 Å². The highest BCUT2D eigenvalue weighted by molar-refractivity contribution is 8.00.